The fourth-order valence-electron chi connectivity index (χ4n) is 1.21. The first-order chi connectivity index (χ1) is 7.36. The van der Waals surface area contributed by atoms with Crippen LogP contribution in [0.5, 0.6) is 11.5 Å². The maximum Gasteiger partial charge on any atom is 0.220 e. The molecule has 0 spiro atoms. The summed E-state index contributed by atoms with van der Waals surface area (Å²) >= 11 is 0. The van der Waals surface area contributed by atoms with Crippen molar-refractivity contribution in [1.82, 2.24) is 4.98 Å². The van der Waals surface area contributed by atoms with Gasteiger partial charge in [-0.25, -0.2) is 0 Å². The van der Waals surface area contributed by atoms with Crippen LogP contribution >= 0.6 is 0 Å². The van der Waals surface area contributed by atoms with E-state index < -0.39 is 0 Å². The van der Waals surface area contributed by atoms with E-state index >= 15 is 0 Å². The van der Waals surface area contributed by atoms with Gasteiger partial charge in [0.15, 0.2) is 5.75 Å². The van der Waals surface area contributed by atoms with Gasteiger partial charge in [0.1, 0.15) is 6.61 Å². The minimum atomic E-state index is -0.0959. The van der Waals surface area contributed by atoms with Crippen molar-refractivity contribution >= 4 is 0 Å². The molecule has 0 aliphatic carbocycles. The fraction of sp³-hybridized carbons (Fsp3) is 0.0833. The average molecular weight is 200 g/mol. The molecular weight excluding hydrogens is 190 g/mol. The highest BCUT2D eigenvalue weighted by Crippen LogP contribution is 2.25. The van der Waals surface area contributed by atoms with Crippen molar-refractivity contribution in [2.45, 2.75) is 6.61 Å². The first-order valence-corrected chi connectivity index (χ1v) is 4.64. The predicted molar refractivity (Wildman–Crippen MR) is 55.1 cm³/mol. The van der Waals surface area contributed by atoms with E-state index in [2.05, 4.69) is 4.98 Å². The van der Waals surface area contributed by atoms with Gasteiger partial charge in [-0.2, -0.15) is 0 Å². The molecule has 0 saturated heterocycles. The number of hydrogen-bond acceptors (Lipinski definition) is 2. The topological polar surface area (TPSA) is 42.0 Å². The van der Waals surface area contributed by atoms with Crippen LogP contribution in [0.4, 0.5) is 0 Å². The molecule has 1 aromatic heterocycles. The van der Waals surface area contributed by atoms with Crippen LogP contribution in [0.15, 0.2) is 48.8 Å². The van der Waals surface area contributed by atoms with Gasteiger partial charge in [-0.15, -0.1) is 0 Å². The van der Waals surface area contributed by atoms with Crippen LogP contribution in [0.25, 0.3) is 0 Å². The van der Waals surface area contributed by atoms with Crippen LogP contribution in [0.3, 0.4) is 0 Å². The standard InChI is InChI=1S/C12H10NO2/c14-11-5-1-2-6-12(11)15-9-10-4-3-7-13-8-10/h1-8H,9H2. The van der Waals surface area contributed by atoms with E-state index in [1.165, 1.54) is 6.07 Å². The zero-order valence-corrected chi connectivity index (χ0v) is 8.09. The molecule has 0 unspecified atom stereocenters. The SMILES string of the molecule is [O]c1ccccc1OCc1cccnc1. The molecule has 1 aromatic carbocycles. The molecular formula is C12H10NO2. The summed E-state index contributed by atoms with van der Waals surface area (Å²) in [6.07, 6.45) is 3.42. The lowest BCUT2D eigenvalue weighted by Gasteiger charge is -2.05. The number of hydrogen-bond donors (Lipinski definition) is 0. The van der Waals surface area contributed by atoms with Gasteiger partial charge in [0, 0.05) is 18.0 Å². The number of rotatable bonds is 3. The minimum absolute atomic E-state index is 0.0959. The van der Waals surface area contributed by atoms with Crippen molar-refractivity contribution in [2.75, 3.05) is 0 Å². The van der Waals surface area contributed by atoms with Gasteiger partial charge >= 0.3 is 0 Å². The maximum atomic E-state index is 11.3. The third-order valence-electron chi connectivity index (χ3n) is 1.97. The van der Waals surface area contributed by atoms with E-state index in [9.17, 15) is 5.11 Å². The lowest BCUT2D eigenvalue weighted by atomic mass is 10.3. The number of pyridine rings is 1. The van der Waals surface area contributed by atoms with Crippen molar-refractivity contribution in [3.8, 4) is 11.5 Å². The smallest absolute Gasteiger partial charge is 0.220 e. The Morgan fingerprint density at radius 3 is 2.73 bits per heavy atom. The Bertz CT molecular complexity index is 429. The molecule has 0 aliphatic rings. The third-order valence-corrected chi connectivity index (χ3v) is 1.97. The molecule has 0 N–H and O–H groups in total. The molecule has 0 atom stereocenters. The zero-order chi connectivity index (χ0) is 10.5. The van der Waals surface area contributed by atoms with Crippen molar-refractivity contribution in [3.05, 3.63) is 54.4 Å². The van der Waals surface area contributed by atoms with E-state index in [-0.39, 0.29) is 5.75 Å². The molecule has 3 heteroatoms. The average Bonchev–Trinajstić information content (AvgIpc) is 2.29. The Labute approximate surface area is 88.0 Å². The molecule has 0 saturated carbocycles. The second-order valence-electron chi connectivity index (χ2n) is 3.10. The fourth-order valence-corrected chi connectivity index (χ4v) is 1.21. The Balaban J connectivity index is 2.03. The van der Waals surface area contributed by atoms with E-state index in [0.717, 1.165) is 5.56 Å². The molecule has 0 amide bonds. The van der Waals surface area contributed by atoms with Crippen molar-refractivity contribution < 1.29 is 9.84 Å². The normalized spacial score (nSPS) is 9.87. The molecule has 1 radical (unpaired) electrons. The first-order valence-electron chi connectivity index (χ1n) is 4.64. The molecule has 1 heterocycles. The van der Waals surface area contributed by atoms with Crippen LogP contribution in [0.2, 0.25) is 0 Å². The summed E-state index contributed by atoms with van der Waals surface area (Å²) in [6.45, 7) is 0.368. The summed E-state index contributed by atoms with van der Waals surface area (Å²) in [6, 6.07) is 10.4. The van der Waals surface area contributed by atoms with E-state index in [0.29, 0.717) is 12.4 Å². The van der Waals surface area contributed by atoms with Gasteiger partial charge in [-0.05, 0) is 18.2 Å². The summed E-state index contributed by atoms with van der Waals surface area (Å²) in [7, 11) is 0. The Morgan fingerprint density at radius 1 is 1.13 bits per heavy atom. The minimum Gasteiger partial charge on any atom is -0.485 e. The molecule has 0 bridgehead atoms. The summed E-state index contributed by atoms with van der Waals surface area (Å²) in [4.78, 5) is 3.96. The molecule has 15 heavy (non-hydrogen) atoms. The van der Waals surface area contributed by atoms with Gasteiger partial charge < -0.3 is 4.74 Å². The van der Waals surface area contributed by atoms with Crippen molar-refractivity contribution in [1.29, 1.82) is 0 Å². The number of benzene rings is 1. The Morgan fingerprint density at radius 2 is 2.00 bits per heavy atom. The zero-order valence-electron chi connectivity index (χ0n) is 8.09. The monoisotopic (exact) mass is 200 g/mol. The molecule has 2 aromatic rings. The number of aromatic nitrogens is 1. The van der Waals surface area contributed by atoms with E-state index in [1.807, 2.05) is 12.1 Å². The van der Waals surface area contributed by atoms with Gasteiger partial charge in [0.25, 0.3) is 0 Å². The number of para-hydroxylation sites is 2. The van der Waals surface area contributed by atoms with Crippen LogP contribution in [-0.4, -0.2) is 4.98 Å². The highest BCUT2D eigenvalue weighted by molar-refractivity contribution is 5.37. The third kappa shape index (κ3) is 2.47. The number of nitrogens with zero attached hydrogens (tertiary/aromatic N) is 1. The highest BCUT2D eigenvalue weighted by atomic mass is 16.5. The molecule has 2 rings (SSSR count). The van der Waals surface area contributed by atoms with Crippen LogP contribution in [0, 0.1) is 0 Å². The summed E-state index contributed by atoms with van der Waals surface area (Å²) in [5.74, 6) is 0.280. The Hall–Kier alpha value is -2.03. The highest BCUT2D eigenvalue weighted by Gasteiger charge is 2.02. The lowest BCUT2D eigenvalue weighted by molar-refractivity contribution is 0.267. The van der Waals surface area contributed by atoms with E-state index in [4.69, 9.17) is 4.74 Å². The quantitative estimate of drug-likeness (QED) is 0.764. The predicted octanol–water partition coefficient (Wildman–Crippen LogP) is 2.80. The van der Waals surface area contributed by atoms with Gasteiger partial charge in [0.05, 0.1) is 0 Å². The Kier molecular flexibility index (Phi) is 2.83. The summed E-state index contributed by atoms with van der Waals surface area (Å²) in [5.41, 5.74) is 0.945. The van der Waals surface area contributed by atoms with Crippen LogP contribution < -0.4 is 4.74 Å². The molecule has 75 valence electrons. The van der Waals surface area contributed by atoms with E-state index in [1.54, 1.807) is 30.6 Å². The van der Waals surface area contributed by atoms with Crippen LogP contribution in [-0.2, 0) is 11.7 Å². The van der Waals surface area contributed by atoms with Crippen LogP contribution in [0.1, 0.15) is 5.56 Å². The molecule has 0 fully saturated rings. The van der Waals surface area contributed by atoms with Gasteiger partial charge in [-0.1, -0.05) is 18.2 Å². The van der Waals surface area contributed by atoms with Gasteiger partial charge in [0.2, 0.25) is 5.75 Å². The van der Waals surface area contributed by atoms with Crippen molar-refractivity contribution in [2.24, 2.45) is 0 Å². The summed E-state index contributed by atoms with van der Waals surface area (Å²) < 4.78 is 5.37. The molecule has 0 aliphatic heterocycles. The summed E-state index contributed by atoms with van der Waals surface area (Å²) in [5, 5.41) is 11.3. The van der Waals surface area contributed by atoms with Gasteiger partial charge in [-0.3, -0.25) is 10.1 Å². The lowest BCUT2D eigenvalue weighted by Crippen LogP contribution is -1.95. The molecule has 3 nitrogen and oxygen atoms in total. The second kappa shape index (κ2) is 4.46. The largest absolute Gasteiger partial charge is 0.485 e. The second-order valence-corrected chi connectivity index (χ2v) is 3.10. The number of ether oxygens (including phenoxy) is 1. The maximum absolute atomic E-state index is 11.3. The first kappa shape index (κ1) is 9.52. The van der Waals surface area contributed by atoms with Crippen molar-refractivity contribution in [3.63, 3.8) is 0 Å².